The van der Waals surface area contributed by atoms with E-state index in [9.17, 15) is 0 Å². The van der Waals surface area contributed by atoms with Gasteiger partial charge in [-0.25, -0.2) is 0 Å². The molecule has 3 nitrogen and oxygen atoms in total. The Labute approximate surface area is 114 Å². The minimum absolute atomic E-state index is 0.577. The summed E-state index contributed by atoms with van der Waals surface area (Å²) in [7, 11) is 0. The zero-order valence-corrected chi connectivity index (χ0v) is 11.4. The lowest BCUT2D eigenvalue weighted by atomic mass is 10.2. The van der Waals surface area contributed by atoms with Crippen molar-refractivity contribution in [2.75, 3.05) is 5.32 Å². The summed E-state index contributed by atoms with van der Waals surface area (Å²) < 4.78 is 0. The highest BCUT2D eigenvalue weighted by Gasteiger charge is 1.97. The van der Waals surface area contributed by atoms with Crippen LogP contribution in [0.25, 0.3) is 0 Å². The molecule has 0 bridgehead atoms. The van der Waals surface area contributed by atoms with E-state index in [0.717, 1.165) is 29.1 Å². The fourth-order valence-electron chi connectivity index (χ4n) is 1.90. The van der Waals surface area contributed by atoms with Crippen LogP contribution in [0.2, 0.25) is 0 Å². The van der Waals surface area contributed by atoms with Crippen LogP contribution in [0.1, 0.15) is 31.0 Å². The van der Waals surface area contributed by atoms with E-state index in [2.05, 4.69) is 29.4 Å². The van der Waals surface area contributed by atoms with Gasteiger partial charge in [0.2, 0.25) is 0 Å². The molecular weight excluding hydrogens is 234 g/mol. The number of aryl methyl sites for hydroxylation is 1. The molecule has 0 saturated carbocycles. The fourth-order valence-corrected chi connectivity index (χ4v) is 1.90. The second-order valence-electron chi connectivity index (χ2n) is 4.67. The number of hydrogen-bond donors (Lipinski definition) is 2. The van der Waals surface area contributed by atoms with Gasteiger partial charge in [-0.2, -0.15) is 0 Å². The smallest absolute Gasteiger partial charge is 0.0570 e. The number of pyridine rings is 1. The van der Waals surface area contributed by atoms with Gasteiger partial charge in [-0.3, -0.25) is 4.98 Å². The van der Waals surface area contributed by atoms with Gasteiger partial charge < -0.3 is 11.1 Å². The second-order valence-corrected chi connectivity index (χ2v) is 4.67. The molecule has 0 saturated heterocycles. The molecule has 1 heterocycles. The molecule has 0 amide bonds. The molecule has 0 radical (unpaired) electrons. The highest BCUT2D eigenvalue weighted by molar-refractivity contribution is 5.58. The highest BCUT2D eigenvalue weighted by atomic mass is 14.9. The third-order valence-electron chi connectivity index (χ3n) is 3.09. The average Bonchev–Trinajstić information content (AvgIpc) is 2.47. The lowest BCUT2D eigenvalue weighted by molar-refractivity contribution is 0.777. The first-order valence-corrected chi connectivity index (χ1v) is 6.82. The number of nitrogens with one attached hydrogen (secondary N) is 1. The van der Waals surface area contributed by atoms with E-state index in [0.29, 0.717) is 6.54 Å². The van der Waals surface area contributed by atoms with Crippen molar-refractivity contribution in [2.24, 2.45) is 5.73 Å². The van der Waals surface area contributed by atoms with Crippen molar-refractivity contribution in [1.29, 1.82) is 0 Å². The molecule has 0 aliphatic carbocycles. The normalized spacial score (nSPS) is 10.4. The number of nitrogens with two attached hydrogens (primary N) is 1. The average molecular weight is 255 g/mol. The van der Waals surface area contributed by atoms with Crippen LogP contribution in [0.4, 0.5) is 11.4 Å². The molecule has 0 unspecified atom stereocenters. The van der Waals surface area contributed by atoms with E-state index < -0.39 is 0 Å². The van der Waals surface area contributed by atoms with Gasteiger partial charge in [0.15, 0.2) is 0 Å². The van der Waals surface area contributed by atoms with E-state index >= 15 is 0 Å². The van der Waals surface area contributed by atoms with Gasteiger partial charge >= 0.3 is 0 Å². The van der Waals surface area contributed by atoms with E-state index in [4.69, 9.17) is 5.73 Å². The van der Waals surface area contributed by atoms with Crippen molar-refractivity contribution < 1.29 is 0 Å². The van der Waals surface area contributed by atoms with Gasteiger partial charge in [-0.05, 0) is 42.7 Å². The minimum atomic E-state index is 0.577. The summed E-state index contributed by atoms with van der Waals surface area (Å²) in [5.41, 5.74) is 9.94. The monoisotopic (exact) mass is 255 g/mol. The van der Waals surface area contributed by atoms with Crippen molar-refractivity contribution in [2.45, 2.75) is 32.7 Å². The predicted molar refractivity (Wildman–Crippen MR) is 80.5 cm³/mol. The Kier molecular flexibility index (Phi) is 4.93. The van der Waals surface area contributed by atoms with E-state index in [1.807, 2.05) is 30.5 Å². The summed E-state index contributed by atoms with van der Waals surface area (Å²) in [6.45, 7) is 2.77. The number of nitrogens with zero attached hydrogens (tertiary/aromatic N) is 1. The first-order chi connectivity index (χ1) is 9.31. The van der Waals surface area contributed by atoms with Crippen molar-refractivity contribution in [3.8, 4) is 0 Å². The molecule has 0 aliphatic rings. The lowest BCUT2D eigenvalue weighted by Gasteiger charge is -2.07. The van der Waals surface area contributed by atoms with Crippen LogP contribution < -0.4 is 11.1 Å². The first-order valence-electron chi connectivity index (χ1n) is 6.82. The SMILES string of the molecule is CCCCc1ccc(Nc2ccc(CN)cc2)cn1. The topological polar surface area (TPSA) is 50.9 Å². The third-order valence-corrected chi connectivity index (χ3v) is 3.09. The maximum absolute atomic E-state index is 5.58. The molecule has 3 heteroatoms. The number of anilines is 2. The minimum Gasteiger partial charge on any atom is -0.354 e. The van der Waals surface area contributed by atoms with Crippen LogP contribution in [0, 0.1) is 0 Å². The Morgan fingerprint density at radius 2 is 1.79 bits per heavy atom. The van der Waals surface area contributed by atoms with Gasteiger partial charge in [-0.15, -0.1) is 0 Å². The summed E-state index contributed by atoms with van der Waals surface area (Å²) in [4.78, 5) is 4.46. The van der Waals surface area contributed by atoms with Crippen LogP contribution in [0.5, 0.6) is 0 Å². The van der Waals surface area contributed by atoms with Gasteiger partial charge in [-0.1, -0.05) is 25.5 Å². The van der Waals surface area contributed by atoms with Gasteiger partial charge in [0.25, 0.3) is 0 Å². The van der Waals surface area contributed by atoms with Gasteiger partial charge in [0, 0.05) is 17.9 Å². The van der Waals surface area contributed by atoms with Crippen molar-refractivity contribution in [3.05, 3.63) is 53.9 Å². The van der Waals surface area contributed by atoms with Crippen molar-refractivity contribution in [1.82, 2.24) is 4.98 Å². The number of rotatable bonds is 6. The Morgan fingerprint density at radius 1 is 1.05 bits per heavy atom. The summed E-state index contributed by atoms with van der Waals surface area (Å²) in [6, 6.07) is 12.3. The van der Waals surface area contributed by atoms with Gasteiger partial charge in [0.1, 0.15) is 0 Å². The largest absolute Gasteiger partial charge is 0.354 e. The van der Waals surface area contributed by atoms with Crippen LogP contribution in [0.15, 0.2) is 42.6 Å². The van der Waals surface area contributed by atoms with Crippen LogP contribution >= 0.6 is 0 Å². The standard InChI is InChI=1S/C16H21N3/c1-2-3-4-14-9-10-16(12-18-14)19-15-7-5-13(11-17)6-8-15/h5-10,12,19H,2-4,11,17H2,1H3. The highest BCUT2D eigenvalue weighted by Crippen LogP contribution is 2.16. The maximum Gasteiger partial charge on any atom is 0.0570 e. The third kappa shape index (κ3) is 4.07. The van der Waals surface area contributed by atoms with Crippen molar-refractivity contribution >= 4 is 11.4 Å². The molecule has 19 heavy (non-hydrogen) atoms. The summed E-state index contributed by atoms with van der Waals surface area (Å²) >= 11 is 0. The maximum atomic E-state index is 5.58. The van der Waals surface area contributed by atoms with E-state index in [-0.39, 0.29) is 0 Å². The molecule has 1 aromatic heterocycles. The summed E-state index contributed by atoms with van der Waals surface area (Å²) in [5.74, 6) is 0. The zero-order valence-electron chi connectivity index (χ0n) is 11.4. The van der Waals surface area contributed by atoms with E-state index in [1.165, 1.54) is 12.8 Å². The second kappa shape index (κ2) is 6.90. The predicted octanol–water partition coefficient (Wildman–Crippen LogP) is 3.63. The van der Waals surface area contributed by atoms with Crippen LogP contribution in [0.3, 0.4) is 0 Å². The number of hydrogen-bond acceptors (Lipinski definition) is 3. The number of benzene rings is 1. The lowest BCUT2D eigenvalue weighted by Crippen LogP contribution is -1.97. The molecule has 0 atom stereocenters. The van der Waals surface area contributed by atoms with Crippen LogP contribution in [-0.2, 0) is 13.0 Å². The summed E-state index contributed by atoms with van der Waals surface area (Å²) in [6.07, 6.45) is 5.35. The molecule has 1 aromatic carbocycles. The Bertz CT molecular complexity index is 488. The fraction of sp³-hybridized carbons (Fsp3) is 0.312. The van der Waals surface area contributed by atoms with Crippen molar-refractivity contribution in [3.63, 3.8) is 0 Å². The summed E-state index contributed by atoms with van der Waals surface area (Å²) in [5, 5.41) is 3.34. The van der Waals surface area contributed by atoms with Crippen LogP contribution in [-0.4, -0.2) is 4.98 Å². The Balaban J connectivity index is 1.98. The van der Waals surface area contributed by atoms with Gasteiger partial charge in [0.05, 0.1) is 11.9 Å². The molecule has 0 spiro atoms. The molecule has 100 valence electrons. The van der Waals surface area contributed by atoms with E-state index in [1.54, 1.807) is 0 Å². The molecular formula is C16H21N3. The number of unbranched alkanes of at least 4 members (excludes halogenated alkanes) is 1. The molecule has 2 rings (SSSR count). The molecule has 3 N–H and O–H groups in total. The first kappa shape index (κ1) is 13.6. The molecule has 2 aromatic rings. The number of aromatic nitrogens is 1. The molecule has 0 fully saturated rings. The molecule has 0 aliphatic heterocycles. The zero-order chi connectivity index (χ0) is 13.5. The quantitative estimate of drug-likeness (QED) is 0.828. The Hall–Kier alpha value is -1.87. The Morgan fingerprint density at radius 3 is 2.37 bits per heavy atom.